The molecule has 0 saturated heterocycles. The van der Waals surface area contributed by atoms with Gasteiger partial charge in [-0.1, -0.05) is 11.6 Å². The second kappa shape index (κ2) is 10.9. The van der Waals surface area contributed by atoms with Crippen molar-refractivity contribution < 1.29 is 14.3 Å². The van der Waals surface area contributed by atoms with Gasteiger partial charge in [0.1, 0.15) is 5.75 Å². The lowest BCUT2D eigenvalue weighted by molar-refractivity contribution is 0.0517. The van der Waals surface area contributed by atoms with Gasteiger partial charge in [0, 0.05) is 28.2 Å². The van der Waals surface area contributed by atoms with E-state index >= 15 is 0 Å². The summed E-state index contributed by atoms with van der Waals surface area (Å²) in [6.07, 6.45) is 0. The Balaban J connectivity index is 0.00000363. The first-order valence-electron chi connectivity index (χ1n) is 10.2. The summed E-state index contributed by atoms with van der Waals surface area (Å²) in [4.78, 5) is 12.8. The molecule has 0 spiro atoms. The normalized spacial score (nSPS) is 11.1. The predicted molar refractivity (Wildman–Crippen MR) is 130 cm³/mol. The van der Waals surface area contributed by atoms with E-state index < -0.39 is 5.97 Å². The third-order valence-electron chi connectivity index (χ3n) is 4.68. The van der Waals surface area contributed by atoms with Crippen molar-refractivity contribution in [1.82, 2.24) is 15.1 Å². The molecule has 1 N–H and O–H groups in total. The summed E-state index contributed by atoms with van der Waals surface area (Å²) >= 11 is 6.09. The molecule has 0 amide bonds. The highest BCUT2D eigenvalue weighted by Gasteiger charge is 2.26. The summed E-state index contributed by atoms with van der Waals surface area (Å²) in [5.74, 6) is 0.303. The molecule has 0 aliphatic carbocycles. The van der Waals surface area contributed by atoms with E-state index in [4.69, 9.17) is 21.1 Å². The fourth-order valence-corrected chi connectivity index (χ4v) is 3.28. The molecule has 0 saturated carbocycles. The average Bonchev–Trinajstić information content (AvgIpc) is 3.12. The fourth-order valence-electron chi connectivity index (χ4n) is 3.15. The Morgan fingerprint density at radius 1 is 1.09 bits per heavy atom. The number of benzene rings is 2. The van der Waals surface area contributed by atoms with Crippen LogP contribution >= 0.6 is 24.0 Å². The van der Waals surface area contributed by atoms with Crippen molar-refractivity contribution in [2.24, 2.45) is 0 Å². The minimum absolute atomic E-state index is 0. The Kier molecular flexibility index (Phi) is 8.73. The van der Waals surface area contributed by atoms with Crippen molar-refractivity contribution in [3.05, 3.63) is 64.8 Å². The van der Waals surface area contributed by atoms with Gasteiger partial charge in [-0.15, -0.1) is 12.4 Å². The number of rotatable bonds is 7. The van der Waals surface area contributed by atoms with Crippen molar-refractivity contribution in [1.29, 1.82) is 0 Å². The Morgan fingerprint density at radius 2 is 1.72 bits per heavy atom. The molecule has 0 aliphatic rings. The number of methoxy groups -OCH3 is 1. The lowest BCUT2D eigenvalue weighted by Gasteiger charge is -2.21. The van der Waals surface area contributed by atoms with Gasteiger partial charge in [0.05, 0.1) is 25.1 Å². The molecule has 0 unspecified atom stereocenters. The standard InChI is InChI=1S/C24H28ClN3O3.ClH/c1-6-31-23(29)21-20(15-26-24(2,3)4)22(16-7-13-19(30-5)14-8-16)28(27-21)18-11-9-17(25)10-12-18;/h7-14,26H,6,15H2,1-5H3;1H. The average molecular weight is 478 g/mol. The van der Waals surface area contributed by atoms with E-state index in [9.17, 15) is 4.79 Å². The van der Waals surface area contributed by atoms with Crippen molar-refractivity contribution >= 4 is 30.0 Å². The van der Waals surface area contributed by atoms with Gasteiger partial charge in [-0.3, -0.25) is 0 Å². The van der Waals surface area contributed by atoms with Crippen LogP contribution in [0.15, 0.2) is 48.5 Å². The number of halogens is 2. The maximum Gasteiger partial charge on any atom is 0.359 e. The van der Waals surface area contributed by atoms with Crippen molar-refractivity contribution in [2.45, 2.75) is 39.8 Å². The summed E-state index contributed by atoms with van der Waals surface area (Å²) in [6.45, 7) is 8.74. The molecule has 3 rings (SSSR count). The largest absolute Gasteiger partial charge is 0.497 e. The molecule has 8 heteroatoms. The molecular weight excluding hydrogens is 449 g/mol. The van der Waals surface area contributed by atoms with Gasteiger partial charge < -0.3 is 14.8 Å². The van der Waals surface area contributed by atoms with Crippen molar-refractivity contribution in [3.8, 4) is 22.7 Å². The van der Waals surface area contributed by atoms with Gasteiger partial charge in [0.15, 0.2) is 5.69 Å². The van der Waals surface area contributed by atoms with Crippen LogP contribution in [0.25, 0.3) is 16.9 Å². The molecule has 0 bridgehead atoms. The maximum atomic E-state index is 12.8. The molecule has 0 aliphatic heterocycles. The van der Waals surface area contributed by atoms with E-state index in [2.05, 4.69) is 31.2 Å². The number of carbonyl (C=O) groups excluding carboxylic acids is 1. The number of aromatic nitrogens is 2. The predicted octanol–water partition coefficient (Wildman–Crippen LogP) is 5.69. The van der Waals surface area contributed by atoms with E-state index in [0.717, 1.165) is 28.3 Å². The number of esters is 1. The molecule has 0 fully saturated rings. The number of hydrogen-bond acceptors (Lipinski definition) is 5. The highest BCUT2D eigenvalue weighted by molar-refractivity contribution is 6.30. The molecule has 6 nitrogen and oxygen atoms in total. The maximum absolute atomic E-state index is 12.8. The molecule has 1 aromatic heterocycles. The molecule has 2 aromatic carbocycles. The van der Waals surface area contributed by atoms with Crippen LogP contribution in [-0.2, 0) is 11.3 Å². The minimum atomic E-state index is -0.448. The lowest BCUT2D eigenvalue weighted by Crippen LogP contribution is -2.35. The Bertz CT molecular complexity index is 1040. The van der Waals surface area contributed by atoms with E-state index in [1.807, 2.05) is 36.4 Å². The zero-order valence-corrected chi connectivity index (χ0v) is 20.5. The SMILES string of the molecule is CCOC(=O)c1nn(-c2ccc(Cl)cc2)c(-c2ccc(OC)cc2)c1CNC(C)(C)C.Cl. The molecule has 32 heavy (non-hydrogen) atoms. The monoisotopic (exact) mass is 477 g/mol. The zero-order chi connectivity index (χ0) is 22.6. The molecule has 3 aromatic rings. The summed E-state index contributed by atoms with van der Waals surface area (Å²) in [7, 11) is 1.63. The summed E-state index contributed by atoms with van der Waals surface area (Å²) in [5.41, 5.74) is 3.43. The topological polar surface area (TPSA) is 65.4 Å². The van der Waals surface area contributed by atoms with Crippen LogP contribution in [-0.4, -0.2) is 35.0 Å². The van der Waals surface area contributed by atoms with E-state index in [1.54, 1.807) is 30.8 Å². The van der Waals surface area contributed by atoms with E-state index in [1.165, 1.54) is 0 Å². The molecule has 1 heterocycles. The number of hydrogen-bond donors (Lipinski definition) is 1. The number of nitrogens with zero attached hydrogens (tertiary/aromatic N) is 2. The third-order valence-corrected chi connectivity index (χ3v) is 4.93. The fraction of sp³-hybridized carbons (Fsp3) is 0.333. The first kappa shape index (κ1) is 25.7. The van der Waals surface area contributed by atoms with Crippen LogP contribution in [0.2, 0.25) is 5.02 Å². The van der Waals surface area contributed by atoms with Gasteiger partial charge in [-0.25, -0.2) is 9.48 Å². The first-order chi connectivity index (χ1) is 14.7. The van der Waals surface area contributed by atoms with Gasteiger partial charge >= 0.3 is 5.97 Å². The third kappa shape index (κ3) is 6.03. The number of ether oxygens (including phenoxy) is 2. The van der Waals surface area contributed by atoms with Gasteiger partial charge in [-0.05, 0) is 76.2 Å². The van der Waals surface area contributed by atoms with Crippen LogP contribution in [0.5, 0.6) is 5.75 Å². The second-order valence-electron chi connectivity index (χ2n) is 8.12. The zero-order valence-electron chi connectivity index (χ0n) is 18.9. The van der Waals surface area contributed by atoms with Gasteiger partial charge in [-0.2, -0.15) is 5.10 Å². The molecule has 0 atom stereocenters. The van der Waals surface area contributed by atoms with Gasteiger partial charge in [0.25, 0.3) is 0 Å². The Labute approximate surface area is 200 Å². The van der Waals surface area contributed by atoms with E-state index in [-0.39, 0.29) is 24.6 Å². The van der Waals surface area contributed by atoms with E-state index in [0.29, 0.717) is 17.3 Å². The molecule has 172 valence electrons. The van der Waals surface area contributed by atoms with Crippen molar-refractivity contribution in [3.63, 3.8) is 0 Å². The lowest BCUT2D eigenvalue weighted by atomic mass is 10.0. The van der Waals surface area contributed by atoms with Gasteiger partial charge in [0.2, 0.25) is 0 Å². The van der Waals surface area contributed by atoms with Crippen LogP contribution in [0.4, 0.5) is 0 Å². The highest BCUT2D eigenvalue weighted by Crippen LogP contribution is 2.32. The molecular formula is C24H29Cl2N3O3. The number of carbonyl (C=O) groups is 1. The quantitative estimate of drug-likeness (QED) is 0.442. The summed E-state index contributed by atoms with van der Waals surface area (Å²) < 4.78 is 12.4. The van der Waals surface area contributed by atoms with Crippen LogP contribution in [0.1, 0.15) is 43.7 Å². The van der Waals surface area contributed by atoms with Crippen molar-refractivity contribution in [2.75, 3.05) is 13.7 Å². The molecule has 0 radical (unpaired) electrons. The van der Waals surface area contributed by atoms with Crippen LogP contribution < -0.4 is 10.1 Å². The first-order valence-corrected chi connectivity index (χ1v) is 10.6. The number of nitrogens with one attached hydrogen (secondary N) is 1. The minimum Gasteiger partial charge on any atom is -0.497 e. The Hall–Kier alpha value is -2.54. The highest BCUT2D eigenvalue weighted by atomic mass is 35.5. The van der Waals surface area contributed by atoms with Crippen LogP contribution in [0, 0.1) is 0 Å². The Morgan fingerprint density at radius 3 is 2.25 bits per heavy atom. The van der Waals surface area contributed by atoms with Crippen LogP contribution in [0.3, 0.4) is 0 Å². The summed E-state index contributed by atoms with van der Waals surface area (Å²) in [6, 6.07) is 15.0. The second-order valence-corrected chi connectivity index (χ2v) is 8.55. The summed E-state index contributed by atoms with van der Waals surface area (Å²) in [5, 5.41) is 8.78. The smallest absolute Gasteiger partial charge is 0.359 e.